The molecular formula is C20H19F4N5O3S. The quantitative estimate of drug-likeness (QED) is 0.425. The Kier molecular flexibility index (Phi) is 5.29. The van der Waals surface area contributed by atoms with Crippen molar-refractivity contribution in [1.82, 2.24) is 18.9 Å². The van der Waals surface area contributed by atoms with Crippen LogP contribution in [0.25, 0.3) is 16.8 Å². The first kappa shape index (κ1) is 22.0. The van der Waals surface area contributed by atoms with E-state index in [4.69, 9.17) is 0 Å². The van der Waals surface area contributed by atoms with Gasteiger partial charge in [-0.15, -0.1) is 5.10 Å². The van der Waals surface area contributed by atoms with Gasteiger partial charge in [0.25, 0.3) is 0 Å². The second-order valence-corrected chi connectivity index (χ2v) is 10.4. The lowest BCUT2D eigenvalue weighted by Gasteiger charge is -2.35. The molecule has 2 aliphatic rings. The Morgan fingerprint density at radius 1 is 1.06 bits per heavy atom. The van der Waals surface area contributed by atoms with E-state index in [1.54, 1.807) is 0 Å². The first-order valence-corrected chi connectivity index (χ1v) is 11.8. The monoisotopic (exact) mass is 485 g/mol. The topological polar surface area (TPSA) is 99.8 Å². The summed E-state index contributed by atoms with van der Waals surface area (Å²) in [6.45, 7) is 0.114. The molecule has 3 heterocycles. The second kappa shape index (κ2) is 7.92. The highest BCUT2D eigenvalue weighted by molar-refractivity contribution is 7.90. The summed E-state index contributed by atoms with van der Waals surface area (Å²) in [5.41, 5.74) is -0.894. The van der Waals surface area contributed by atoms with Crippen molar-refractivity contribution >= 4 is 21.5 Å². The molecule has 2 aromatic heterocycles. The number of anilines is 1. The Labute approximate surface area is 185 Å². The van der Waals surface area contributed by atoms with Gasteiger partial charge in [-0.2, -0.15) is 4.31 Å². The lowest BCUT2D eigenvalue weighted by atomic mass is 10.0. The van der Waals surface area contributed by atoms with Crippen molar-refractivity contribution in [2.45, 2.75) is 36.7 Å². The van der Waals surface area contributed by atoms with E-state index in [1.807, 2.05) is 0 Å². The molecule has 2 atom stereocenters. The zero-order valence-corrected chi connectivity index (χ0v) is 17.9. The smallest absolute Gasteiger partial charge is 0.241 e. The van der Waals surface area contributed by atoms with Gasteiger partial charge in [0.15, 0.2) is 17.5 Å². The largest absolute Gasteiger partial charge is 0.390 e. The van der Waals surface area contributed by atoms with E-state index in [-0.39, 0.29) is 41.9 Å². The van der Waals surface area contributed by atoms with E-state index in [1.165, 1.54) is 4.31 Å². The van der Waals surface area contributed by atoms with Crippen molar-refractivity contribution in [3.63, 3.8) is 0 Å². The van der Waals surface area contributed by atoms with Crippen LogP contribution in [-0.2, 0) is 10.0 Å². The highest BCUT2D eigenvalue weighted by Crippen LogP contribution is 2.33. The summed E-state index contributed by atoms with van der Waals surface area (Å²) < 4.78 is 83.1. The van der Waals surface area contributed by atoms with E-state index in [2.05, 4.69) is 15.4 Å². The predicted octanol–water partition coefficient (Wildman–Crippen LogP) is 2.29. The number of fused-ring (bicyclic) bond motifs is 1. The Morgan fingerprint density at radius 3 is 2.52 bits per heavy atom. The van der Waals surface area contributed by atoms with Gasteiger partial charge in [0.1, 0.15) is 11.3 Å². The first-order chi connectivity index (χ1) is 15.6. The molecular weight excluding hydrogens is 466 g/mol. The summed E-state index contributed by atoms with van der Waals surface area (Å²) in [4.78, 5) is 4.00. The molecule has 8 nitrogen and oxygen atoms in total. The number of benzene rings is 1. The summed E-state index contributed by atoms with van der Waals surface area (Å²) in [5, 5.41) is 17.1. The van der Waals surface area contributed by atoms with Gasteiger partial charge in [-0.3, -0.25) is 0 Å². The van der Waals surface area contributed by atoms with Crippen molar-refractivity contribution in [1.29, 1.82) is 0 Å². The highest BCUT2D eigenvalue weighted by atomic mass is 32.2. The summed E-state index contributed by atoms with van der Waals surface area (Å²) in [7, 11) is -3.42. The van der Waals surface area contributed by atoms with Crippen LogP contribution >= 0.6 is 0 Å². The molecule has 0 bridgehead atoms. The minimum absolute atomic E-state index is 0.0563. The molecule has 3 aromatic rings. The van der Waals surface area contributed by atoms with Gasteiger partial charge in [0, 0.05) is 30.8 Å². The van der Waals surface area contributed by atoms with Crippen molar-refractivity contribution in [3.8, 4) is 11.3 Å². The fourth-order valence-electron chi connectivity index (χ4n) is 4.00. The maximum absolute atomic E-state index is 14.4. The minimum Gasteiger partial charge on any atom is -0.390 e. The third-order valence-electron chi connectivity index (χ3n) is 5.90. The highest BCUT2D eigenvalue weighted by Gasteiger charge is 2.43. The summed E-state index contributed by atoms with van der Waals surface area (Å²) in [5.74, 6) is -4.70. The number of hydrogen-bond donors (Lipinski definition) is 2. The normalized spacial score (nSPS) is 22.1. The van der Waals surface area contributed by atoms with Gasteiger partial charge in [-0.1, -0.05) is 0 Å². The van der Waals surface area contributed by atoms with Crippen LogP contribution in [0.2, 0.25) is 0 Å². The fraction of sp³-hybridized carbons (Fsp3) is 0.400. The fourth-order valence-corrected chi connectivity index (χ4v) is 5.87. The van der Waals surface area contributed by atoms with E-state index in [0.29, 0.717) is 18.9 Å². The molecule has 33 heavy (non-hydrogen) atoms. The molecule has 1 aliphatic heterocycles. The van der Waals surface area contributed by atoms with Gasteiger partial charge in [0.2, 0.25) is 16.0 Å². The van der Waals surface area contributed by atoms with Crippen molar-refractivity contribution in [2.24, 2.45) is 0 Å². The maximum atomic E-state index is 14.4. The minimum atomic E-state index is -3.42. The molecule has 1 saturated carbocycles. The zero-order chi connectivity index (χ0) is 23.5. The average Bonchev–Trinajstić information content (AvgIpc) is 3.57. The zero-order valence-electron chi connectivity index (χ0n) is 17.0. The number of rotatable bonds is 5. The molecule has 2 fully saturated rings. The molecule has 2 N–H and O–H groups in total. The first-order valence-electron chi connectivity index (χ1n) is 10.3. The Hall–Kier alpha value is -2.77. The predicted molar refractivity (Wildman–Crippen MR) is 110 cm³/mol. The van der Waals surface area contributed by atoms with Crippen molar-refractivity contribution in [2.75, 3.05) is 18.4 Å². The molecule has 1 saturated heterocycles. The van der Waals surface area contributed by atoms with E-state index in [9.17, 15) is 31.1 Å². The molecule has 5 rings (SSSR count). The number of nitrogens with zero attached hydrogens (tertiary/aromatic N) is 4. The molecule has 1 aromatic carbocycles. The Morgan fingerprint density at radius 2 is 1.82 bits per heavy atom. The molecule has 0 amide bonds. The molecule has 1 aliphatic carbocycles. The third kappa shape index (κ3) is 3.93. The van der Waals surface area contributed by atoms with Crippen LogP contribution in [0.1, 0.15) is 19.3 Å². The number of sulfonamides is 1. The standard InChI is InChI=1S/C20H19F4N5O3S/c21-10-5-12(19(24)14(23)6-10)16-7-13(22)17-8-25-20(27-29(16)17)26-15-3-4-28(9-18(15)30)33(31,32)11-1-2-11/h5-8,11,15,18,30H,1-4,9H2,(H,26,27)/t15-,18-/m1/s1. The maximum Gasteiger partial charge on any atom is 0.241 e. The van der Waals surface area contributed by atoms with Gasteiger partial charge in [0.05, 0.1) is 29.3 Å². The van der Waals surface area contributed by atoms with E-state index >= 15 is 0 Å². The second-order valence-electron chi connectivity index (χ2n) is 8.21. The SMILES string of the molecule is O=S(=O)(C1CC1)N1CC[C@@H](Nc2ncc3c(F)cc(-c4cc(F)cc(F)c4F)n3n2)[C@H](O)C1. The molecule has 0 spiro atoms. The van der Waals surface area contributed by atoms with Crippen LogP contribution < -0.4 is 5.32 Å². The Bertz CT molecular complexity index is 1350. The number of aliphatic hydroxyl groups is 1. The van der Waals surface area contributed by atoms with Crippen LogP contribution in [0.3, 0.4) is 0 Å². The van der Waals surface area contributed by atoms with Gasteiger partial charge in [-0.25, -0.2) is 35.5 Å². The number of hydrogen-bond acceptors (Lipinski definition) is 6. The lowest BCUT2D eigenvalue weighted by Crippen LogP contribution is -2.52. The van der Waals surface area contributed by atoms with Crippen molar-refractivity contribution in [3.05, 3.63) is 47.7 Å². The number of β-amino-alcohol motifs (C(OH)–C–C–N with tert-alkyl or cyclic N) is 1. The van der Waals surface area contributed by atoms with E-state index in [0.717, 1.165) is 22.8 Å². The van der Waals surface area contributed by atoms with Crippen LogP contribution in [0.4, 0.5) is 23.5 Å². The summed E-state index contributed by atoms with van der Waals surface area (Å²) in [6, 6.07) is 1.40. The van der Waals surface area contributed by atoms with Crippen molar-refractivity contribution < 1.29 is 31.1 Å². The number of aliphatic hydroxyl groups excluding tert-OH is 1. The van der Waals surface area contributed by atoms with Gasteiger partial charge in [-0.05, 0) is 25.3 Å². The molecule has 0 radical (unpaired) electrons. The molecule has 176 valence electrons. The van der Waals surface area contributed by atoms with Crippen LogP contribution in [0, 0.1) is 23.3 Å². The summed E-state index contributed by atoms with van der Waals surface area (Å²) in [6.07, 6.45) is 1.57. The van der Waals surface area contributed by atoms with Crippen LogP contribution in [-0.4, -0.2) is 62.9 Å². The summed E-state index contributed by atoms with van der Waals surface area (Å²) >= 11 is 0. The number of piperidine rings is 1. The van der Waals surface area contributed by atoms with Gasteiger partial charge >= 0.3 is 0 Å². The number of aromatic nitrogens is 3. The number of nitrogens with one attached hydrogen (secondary N) is 1. The lowest BCUT2D eigenvalue weighted by molar-refractivity contribution is 0.0946. The molecule has 13 heteroatoms. The van der Waals surface area contributed by atoms with Gasteiger partial charge < -0.3 is 10.4 Å². The Balaban J connectivity index is 1.42. The van der Waals surface area contributed by atoms with E-state index < -0.39 is 51.0 Å². The molecule has 0 unspecified atom stereocenters. The van der Waals surface area contributed by atoms with Crippen LogP contribution in [0.5, 0.6) is 0 Å². The third-order valence-corrected chi connectivity index (χ3v) is 8.27. The van der Waals surface area contributed by atoms with Crippen LogP contribution in [0.15, 0.2) is 24.4 Å². The number of halogens is 4. The average molecular weight is 485 g/mol.